The van der Waals surface area contributed by atoms with Gasteiger partial charge in [-0.3, -0.25) is 9.59 Å². The Balaban J connectivity index is 1.52. The molecule has 0 aliphatic rings. The minimum absolute atomic E-state index is 0.0713. The van der Waals surface area contributed by atoms with E-state index in [2.05, 4.69) is 5.32 Å². The predicted molar refractivity (Wildman–Crippen MR) is 105 cm³/mol. The highest BCUT2D eigenvalue weighted by molar-refractivity contribution is 6.08. The first-order chi connectivity index (χ1) is 13.5. The van der Waals surface area contributed by atoms with Gasteiger partial charge in [-0.2, -0.15) is 0 Å². The zero-order valence-corrected chi connectivity index (χ0v) is 15.4. The molecule has 3 aromatic rings. The van der Waals surface area contributed by atoms with Crippen LogP contribution in [0.5, 0.6) is 5.75 Å². The Bertz CT molecular complexity index is 938. The third-order valence-corrected chi connectivity index (χ3v) is 4.27. The molecule has 0 aliphatic carbocycles. The zero-order valence-electron chi connectivity index (χ0n) is 15.4. The summed E-state index contributed by atoms with van der Waals surface area (Å²) in [6, 6.07) is 21.4. The predicted octanol–water partition coefficient (Wildman–Crippen LogP) is 4.31. The molecule has 1 atom stereocenters. The fraction of sp³-hybridized carbons (Fsp3) is 0.130. The summed E-state index contributed by atoms with van der Waals surface area (Å²) in [6.07, 6.45) is 0. The number of halogens is 1. The molecule has 142 valence electrons. The summed E-state index contributed by atoms with van der Waals surface area (Å²) < 4.78 is 18.4. The van der Waals surface area contributed by atoms with Crippen molar-refractivity contribution in [3.63, 3.8) is 0 Å². The molecule has 0 saturated heterocycles. The third kappa shape index (κ3) is 5.04. The molecule has 0 heterocycles. The van der Waals surface area contributed by atoms with Crippen molar-refractivity contribution < 1.29 is 18.7 Å². The first kappa shape index (κ1) is 19.3. The molecule has 0 unspecified atom stereocenters. The average molecular weight is 377 g/mol. The van der Waals surface area contributed by atoms with Gasteiger partial charge in [0, 0.05) is 11.1 Å². The number of carbonyl (C=O) groups is 2. The molecule has 5 heteroatoms. The Labute approximate surface area is 163 Å². The number of hydrogen-bond acceptors (Lipinski definition) is 3. The maximum Gasteiger partial charge on any atom is 0.258 e. The molecule has 1 N–H and O–H groups in total. The van der Waals surface area contributed by atoms with Gasteiger partial charge in [-0.15, -0.1) is 0 Å². The first-order valence-electron chi connectivity index (χ1n) is 8.90. The van der Waals surface area contributed by atoms with Gasteiger partial charge in [-0.1, -0.05) is 42.5 Å². The molecule has 1 amide bonds. The lowest BCUT2D eigenvalue weighted by atomic mass is 10.0. The second kappa shape index (κ2) is 8.95. The second-order valence-corrected chi connectivity index (χ2v) is 6.35. The van der Waals surface area contributed by atoms with Crippen LogP contribution in [0.3, 0.4) is 0 Å². The molecule has 0 aliphatic heterocycles. The molecule has 0 aromatic heterocycles. The average Bonchev–Trinajstić information content (AvgIpc) is 2.73. The fourth-order valence-corrected chi connectivity index (χ4v) is 2.73. The maximum absolute atomic E-state index is 13.0. The van der Waals surface area contributed by atoms with Crippen molar-refractivity contribution >= 4 is 11.7 Å². The standard InChI is InChI=1S/C23H20FNO3/c1-16(17-7-11-20(24)12-8-17)25-22(26)15-28-21-13-9-19(10-14-21)23(27)18-5-3-2-4-6-18/h2-14,16H,15H2,1H3,(H,25,26)/t16-/m1/s1. The molecule has 0 saturated carbocycles. The highest BCUT2D eigenvalue weighted by Crippen LogP contribution is 2.16. The van der Waals surface area contributed by atoms with Gasteiger partial charge in [-0.05, 0) is 48.9 Å². The minimum atomic E-state index is -0.320. The SMILES string of the molecule is C[C@@H](NC(=O)COc1ccc(C(=O)c2ccccc2)cc1)c1ccc(F)cc1. The fourth-order valence-electron chi connectivity index (χ4n) is 2.73. The van der Waals surface area contributed by atoms with Crippen LogP contribution >= 0.6 is 0 Å². The Morgan fingerprint density at radius 1 is 0.893 bits per heavy atom. The van der Waals surface area contributed by atoms with Crippen LogP contribution in [0, 0.1) is 5.82 Å². The summed E-state index contributed by atoms with van der Waals surface area (Å²) in [5, 5.41) is 2.80. The van der Waals surface area contributed by atoms with Crippen LogP contribution in [-0.4, -0.2) is 18.3 Å². The lowest BCUT2D eigenvalue weighted by molar-refractivity contribution is -0.123. The summed E-state index contributed by atoms with van der Waals surface area (Å²) in [6.45, 7) is 1.66. The van der Waals surface area contributed by atoms with Gasteiger partial charge in [0.25, 0.3) is 5.91 Å². The summed E-state index contributed by atoms with van der Waals surface area (Å²) in [4.78, 5) is 24.4. The van der Waals surface area contributed by atoms with Crippen LogP contribution in [-0.2, 0) is 4.79 Å². The lowest BCUT2D eigenvalue weighted by Crippen LogP contribution is -2.31. The van der Waals surface area contributed by atoms with Gasteiger partial charge >= 0.3 is 0 Å². The summed E-state index contributed by atoms with van der Waals surface area (Å²) in [5.74, 6) is -0.187. The molecule has 3 aromatic carbocycles. The van der Waals surface area contributed by atoms with Crippen molar-refractivity contribution in [1.82, 2.24) is 5.32 Å². The molecule has 28 heavy (non-hydrogen) atoms. The van der Waals surface area contributed by atoms with Crippen LogP contribution in [0.2, 0.25) is 0 Å². The number of nitrogens with one attached hydrogen (secondary N) is 1. The normalized spacial score (nSPS) is 11.5. The Morgan fingerprint density at radius 3 is 2.14 bits per heavy atom. The smallest absolute Gasteiger partial charge is 0.258 e. The number of ether oxygens (including phenoxy) is 1. The van der Waals surface area contributed by atoms with Crippen molar-refractivity contribution in [1.29, 1.82) is 0 Å². The molecular weight excluding hydrogens is 357 g/mol. The minimum Gasteiger partial charge on any atom is -0.484 e. The van der Waals surface area contributed by atoms with E-state index in [0.717, 1.165) is 5.56 Å². The van der Waals surface area contributed by atoms with Crippen LogP contribution in [0.15, 0.2) is 78.9 Å². The number of carbonyl (C=O) groups excluding carboxylic acids is 2. The molecule has 4 nitrogen and oxygen atoms in total. The third-order valence-electron chi connectivity index (χ3n) is 4.27. The quantitative estimate of drug-likeness (QED) is 0.624. The van der Waals surface area contributed by atoms with E-state index in [-0.39, 0.29) is 30.2 Å². The molecule has 3 rings (SSSR count). The number of rotatable bonds is 7. The van der Waals surface area contributed by atoms with E-state index >= 15 is 0 Å². The Morgan fingerprint density at radius 2 is 1.50 bits per heavy atom. The number of amides is 1. The van der Waals surface area contributed by atoms with Crippen molar-refractivity contribution in [2.24, 2.45) is 0 Å². The molecule has 0 radical (unpaired) electrons. The summed E-state index contributed by atoms with van der Waals surface area (Å²) in [5.41, 5.74) is 1.97. The number of ketones is 1. The zero-order chi connectivity index (χ0) is 19.9. The topological polar surface area (TPSA) is 55.4 Å². The second-order valence-electron chi connectivity index (χ2n) is 6.35. The van der Waals surface area contributed by atoms with E-state index in [1.807, 2.05) is 25.1 Å². The van der Waals surface area contributed by atoms with E-state index in [1.165, 1.54) is 12.1 Å². The van der Waals surface area contributed by atoms with Crippen molar-refractivity contribution in [2.75, 3.05) is 6.61 Å². The highest BCUT2D eigenvalue weighted by Gasteiger charge is 2.11. The van der Waals surface area contributed by atoms with E-state index < -0.39 is 0 Å². The van der Waals surface area contributed by atoms with E-state index in [1.54, 1.807) is 48.5 Å². The van der Waals surface area contributed by atoms with E-state index in [0.29, 0.717) is 16.9 Å². The lowest BCUT2D eigenvalue weighted by Gasteiger charge is -2.15. The van der Waals surface area contributed by atoms with Crippen LogP contribution < -0.4 is 10.1 Å². The number of benzene rings is 3. The van der Waals surface area contributed by atoms with Gasteiger partial charge in [0.15, 0.2) is 12.4 Å². The molecule has 0 fully saturated rings. The van der Waals surface area contributed by atoms with Gasteiger partial charge in [-0.25, -0.2) is 4.39 Å². The molecular formula is C23H20FNO3. The van der Waals surface area contributed by atoms with Crippen LogP contribution in [0.25, 0.3) is 0 Å². The van der Waals surface area contributed by atoms with Crippen molar-refractivity contribution in [3.05, 3.63) is 101 Å². The van der Waals surface area contributed by atoms with Gasteiger partial charge < -0.3 is 10.1 Å². The molecule has 0 bridgehead atoms. The van der Waals surface area contributed by atoms with Crippen LogP contribution in [0.4, 0.5) is 4.39 Å². The van der Waals surface area contributed by atoms with E-state index in [9.17, 15) is 14.0 Å². The molecule has 0 spiro atoms. The number of hydrogen-bond donors (Lipinski definition) is 1. The Hall–Kier alpha value is -3.47. The summed E-state index contributed by atoms with van der Waals surface area (Å²) in [7, 11) is 0. The first-order valence-corrected chi connectivity index (χ1v) is 8.90. The van der Waals surface area contributed by atoms with Crippen molar-refractivity contribution in [3.8, 4) is 5.75 Å². The Kier molecular flexibility index (Phi) is 6.17. The van der Waals surface area contributed by atoms with Crippen LogP contribution in [0.1, 0.15) is 34.5 Å². The van der Waals surface area contributed by atoms with Gasteiger partial charge in [0.05, 0.1) is 6.04 Å². The van der Waals surface area contributed by atoms with Crippen molar-refractivity contribution in [2.45, 2.75) is 13.0 Å². The maximum atomic E-state index is 13.0. The summed E-state index contributed by atoms with van der Waals surface area (Å²) >= 11 is 0. The largest absolute Gasteiger partial charge is 0.484 e. The van der Waals surface area contributed by atoms with Gasteiger partial charge in [0.2, 0.25) is 0 Å². The van der Waals surface area contributed by atoms with E-state index in [4.69, 9.17) is 4.74 Å². The monoisotopic (exact) mass is 377 g/mol. The highest BCUT2D eigenvalue weighted by atomic mass is 19.1. The van der Waals surface area contributed by atoms with Gasteiger partial charge in [0.1, 0.15) is 11.6 Å².